The van der Waals surface area contributed by atoms with Gasteiger partial charge in [-0.25, -0.2) is 4.98 Å². The molecule has 0 spiro atoms. The Morgan fingerprint density at radius 3 is 2.50 bits per heavy atom. The van der Waals surface area contributed by atoms with Gasteiger partial charge in [0, 0.05) is 6.54 Å². The lowest BCUT2D eigenvalue weighted by Gasteiger charge is -2.20. The average molecular weight is 273 g/mol. The van der Waals surface area contributed by atoms with Crippen molar-refractivity contribution in [3.8, 4) is 0 Å². The molecule has 1 aliphatic carbocycles. The number of nitrogens with one attached hydrogen (secondary N) is 1. The maximum absolute atomic E-state index is 12.2. The Bertz CT molecular complexity index is 558. The van der Waals surface area contributed by atoms with Gasteiger partial charge in [-0.15, -0.1) is 0 Å². The molecule has 2 heterocycles. The molecule has 20 heavy (non-hydrogen) atoms. The second kappa shape index (κ2) is 4.30. The Balaban J connectivity index is 1.75. The van der Waals surface area contributed by atoms with E-state index in [2.05, 4.69) is 10.3 Å². The number of hydrogen-bond donors (Lipinski definition) is 1. The predicted octanol–water partition coefficient (Wildman–Crippen LogP) is 1.65. The maximum Gasteiger partial charge on any atom is 0.234 e. The summed E-state index contributed by atoms with van der Waals surface area (Å²) < 4.78 is 0. The molecule has 0 aromatic carbocycles. The van der Waals surface area contributed by atoms with Gasteiger partial charge in [0.15, 0.2) is 0 Å². The van der Waals surface area contributed by atoms with Crippen molar-refractivity contribution in [2.24, 2.45) is 17.3 Å². The van der Waals surface area contributed by atoms with E-state index in [0.717, 1.165) is 18.1 Å². The highest BCUT2D eigenvalue weighted by Gasteiger charge is 2.72. The molecule has 0 bridgehead atoms. The molecule has 5 heteroatoms. The molecule has 2 aliphatic rings. The Hall–Kier alpha value is -1.91. The number of likely N-dealkylation sites (tertiary alicyclic amines) is 1. The second-order valence-corrected chi connectivity index (χ2v) is 6.08. The van der Waals surface area contributed by atoms with Gasteiger partial charge in [-0.1, -0.05) is 19.9 Å². The van der Waals surface area contributed by atoms with Crippen molar-refractivity contribution >= 4 is 17.6 Å². The monoisotopic (exact) mass is 273 g/mol. The summed E-state index contributed by atoms with van der Waals surface area (Å²) in [6.45, 7) is 7.03. The third kappa shape index (κ3) is 1.80. The number of amides is 2. The van der Waals surface area contributed by atoms with Gasteiger partial charge in [-0.3, -0.25) is 14.5 Å². The third-order valence-corrected chi connectivity index (χ3v) is 4.38. The largest absolute Gasteiger partial charge is 0.370 e. The van der Waals surface area contributed by atoms with E-state index in [1.165, 1.54) is 4.90 Å². The van der Waals surface area contributed by atoms with E-state index in [-0.39, 0.29) is 35.6 Å². The van der Waals surface area contributed by atoms with Crippen molar-refractivity contribution in [1.29, 1.82) is 0 Å². The highest BCUT2D eigenvalue weighted by atomic mass is 16.2. The number of piperidine rings is 1. The lowest BCUT2D eigenvalue weighted by atomic mass is 10.1. The molecule has 3 rings (SSSR count). The number of carbonyl (C=O) groups is 2. The van der Waals surface area contributed by atoms with E-state index >= 15 is 0 Å². The fraction of sp³-hybridized carbons (Fsp3) is 0.533. The molecule has 2 atom stereocenters. The molecule has 0 radical (unpaired) electrons. The first-order valence-electron chi connectivity index (χ1n) is 7.02. The lowest BCUT2D eigenvalue weighted by Crippen LogP contribution is -2.35. The Morgan fingerprint density at radius 1 is 1.25 bits per heavy atom. The lowest BCUT2D eigenvalue weighted by molar-refractivity contribution is -0.143. The minimum atomic E-state index is -0.149. The third-order valence-electron chi connectivity index (χ3n) is 4.38. The molecule has 1 aliphatic heterocycles. The van der Waals surface area contributed by atoms with Gasteiger partial charge in [0.2, 0.25) is 11.8 Å². The average Bonchev–Trinajstić information content (AvgIpc) is 2.87. The summed E-state index contributed by atoms with van der Waals surface area (Å²) in [5.41, 5.74) is 0.591. The molecular formula is C15H19N3O2. The van der Waals surface area contributed by atoms with Crippen molar-refractivity contribution in [3.63, 3.8) is 0 Å². The number of imide groups is 1. The zero-order valence-electron chi connectivity index (χ0n) is 12.0. The van der Waals surface area contributed by atoms with E-state index < -0.39 is 0 Å². The van der Waals surface area contributed by atoms with Gasteiger partial charge in [-0.2, -0.15) is 0 Å². The predicted molar refractivity (Wildman–Crippen MR) is 74.7 cm³/mol. The van der Waals surface area contributed by atoms with Crippen LogP contribution in [0.25, 0.3) is 0 Å². The summed E-state index contributed by atoms with van der Waals surface area (Å²) in [5, 5.41) is 3.13. The number of pyridine rings is 1. The van der Waals surface area contributed by atoms with Crippen molar-refractivity contribution in [2.75, 3.05) is 11.9 Å². The van der Waals surface area contributed by atoms with E-state index in [1.807, 2.05) is 39.0 Å². The van der Waals surface area contributed by atoms with Crippen LogP contribution in [0.15, 0.2) is 18.2 Å². The quantitative estimate of drug-likeness (QED) is 0.847. The molecule has 1 N–H and O–H groups in total. The summed E-state index contributed by atoms with van der Waals surface area (Å²) in [5.74, 6) is 0.454. The fourth-order valence-corrected chi connectivity index (χ4v) is 3.17. The number of rotatable bonds is 4. The number of hydrogen-bond acceptors (Lipinski definition) is 4. The van der Waals surface area contributed by atoms with E-state index in [9.17, 15) is 9.59 Å². The number of fused-ring (bicyclic) bond motifs is 1. The van der Waals surface area contributed by atoms with Crippen LogP contribution in [0.5, 0.6) is 0 Å². The number of anilines is 1. The molecule has 106 valence electrons. The normalized spacial score (nSPS) is 26.6. The highest BCUT2D eigenvalue weighted by Crippen LogP contribution is 2.63. The van der Waals surface area contributed by atoms with Gasteiger partial charge in [-0.05, 0) is 24.5 Å². The minimum Gasteiger partial charge on any atom is -0.370 e. The van der Waals surface area contributed by atoms with Crippen LogP contribution in [-0.4, -0.2) is 28.2 Å². The van der Waals surface area contributed by atoms with Crippen LogP contribution in [-0.2, 0) is 16.1 Å². The summed E-state index contributed by atoms with van der Waals surface area (Å²) in [6, 6.07) is 5.60. The van der Waals surface area contributed by atoms with Crippen LogP contribution < -0.4 is 5.32 Å². The van der Waals surface area contributed by atoms with Gasteiger partial charge in [0.05, 0.1) is 24.1 Å². The summed E-state index contributed by atoms with van der Waals surface area (Å²) in [6.07, 6.45) is 0. The van der Waals surface area contributed by atoms with Gasteiger partial charge in [0.25, 0.3) is 0 Å². The Labute approximate surface area is 118 Å². The second-order valence-electron chi connectivity index (χ2n) is 6.08. The van der Waals surface area contributed by atoms with E-state index in [0.29, 0.717) is 0 Å². The standard InChI is InChI=1S/C15H19N3O2/c1-4-16-10-7-5-6-9(17-10)8-18-13(19)11-12(14(18)20)15(11,2)3/h5-7,11-12H,4,8H2,1-3H3,(H,16,17). The van der Waals surface area contributed by atoms with Gasteiger partial charge < -0.3 is 5.32 Å². The van der Waals surface area contributed by atoms with Crippen molar-refractivity contribution in [1.82, 2.24) is 9.88 Å². The summed E-state index contributed by atoms with van der Waals surface area (Å²) >= 11 is 0. The highest BCUT2D eigenvalue weighted by molar-refractivity contribution is 6.10. The molecule has 1 aromatic rings. The van der Waals surface area contributed by atoms with Crippen molar-refractivity contribution < 1.29 is 9.59 Å². The van der Waals surface area contributed by atoms with Crippen LogP contribution in [0.1, 0.15) is 26.5 Å². The molecule has 2 amide bonds. The van der Waals surface area contributed by atoms with Gasteiger partial charge in [0.1, 0.15) is 5.82 Å². The fourth-order valence-electron chi connectivity index (χ4n) is 3.17. The smallest absolute Gasteiger partial charge is 0.234 e. The molecule has 5 nitrogen and oxygen atoms in total. The summed E-state index contributed by atoms with van der Waals surface area (Å²) in [7, 11) is 0. The van der Waals surface area contributed by atoms with Crippen molar-refractivity contribution in [2.45, 2.75) is 27.3 Å². The molecule has 1 saturated carbocycles. The van der Waals surface area contributed by atoms with Crippen LogP contribution in [0.3, 0.4) is 0 Å². The summed E-state index contributed by atoms with van der Waals surface area (Å²) in [4.78, 5) is 30.3. The first-order chi connectivity index (χ1) is 9.46. The van der Waals surface area contributed by atoms with Gasteiger partial charge >= 0.3 is 0 Å². The van der Waals surface area contributed by atoms with Crippen molar-refractivity contribution in [3.05, 3.63) is 23.9 Å². The van der Waals surface area contributed by atoms with Crippen LogP contribution in [0.4, 0.5) is 5.82 Å². The van der Waals surface area contributed by atoms with Crippen LogP contribution >= 0.6 is 0 Å². The number of aromatic nitrogens is 1. The maximum atomic E-state index is 12.2. The molecule has 2 fully saturated rings. The van der Waals surface area contributed by atoms with Crippen LogP contribution in [0.2, 0.25) is 0 Å². The minimum absolute atomic E-state index is 0.0411. The Morgan fingerprint density at radius 2 is 1.90 bits per heavy atom. The van der Waals surface area contributed by atoms with E-state index in [1.54, 1.807) is 0 Å². The Kier molecular flexibility index (Phi) is 2.81. The molecule has 1 aromatic heterocycles. The zero-order chi connectivity index (χ0) is 14.5. The molecule has 2 unspecified atom stereocenters. The zero-order valence-corrected chi connectivity index (χ0v) is 12.0. The topological polar surface area (TPSA) is 62.3 Å². The molecular weight excluding hydrogens is 254 g/mol. The van der Waals surface area contributed by atoms with E-state index in [4.69, 9.17) is 0 Å². The first-order valence-corrected chi connectivity index (χ1v) is 7.02. The number of nitrogens with zero attached hydrogens (tertiary/aromatic N) is 2. The number of carbonyl (C=O) groups excluding carboxylic acids is 2. The van der Waals surface area contributed by atoms with Crippen LogP contribution in [0, 0.1) is 17.3 Å². The molecule has 1 saturated heterocycles. The SMILES string of the molecule is CCNc1cccc(CN2C(=O)C3C(C2=O)C3(C)C)n1. The first kappa shape index (κ1) is 13.1.